The number of aromatic amines is 1. The van der Waals surface area contributed by atoms with Gasteiger partial charge in [0.25, 0.3) is 5.91 Å². The zero-order valence-electron chi connectivity index (χ0n) is 10.7. The van der Waals surface area contributed by atoms with Crippen LogP contribution in [0.1, 0.15) is 24.3 Å². The Morgan fingerprint density at radius 1 is 1.33 bits per heavy atom. The quantitative estimate of drug-likeness (QED) is 0.696. The molecule has 0 atom stereocenters. The van der Waals surface area contributed by atoms with E-state index >= 15 is 0 Å². The molecule has 96 valence electrons. The number of hydrogen-bond donors (Lipinski definition) is 3. The summed E-state index contributed by atoms with van der Waals surface area (Å²) >= 11 is 0. The predicted octanol–water partition coefficient (Wildman–Crippen LogP) is 1.29. The van der Waals surface area contributed by atoms with E-state index in [4.69, 9.17) is 0 Å². The van der Waals surface area contributed by atoms with Crippen molar-refractivity contribution >= 4 is 16.8 Å². The number of H-pyrrole nitrogens is 1. The van der Waals surface area contributed by atoms with Crippen LogP contribution < -0.4 is 10.6 Å². The second kappa shape index (κ2) is 5.64. The van der Waals surface area contributed by atoms with Crippen molar-refractivity contribution in [2.75, 3.05) is 13.1 Å². The van der Waals surface area contributed by atoms with Crippen LogP contribution in [0.4, 0.5) is 0 Å². The summed E-state index contributed by atoms with van der Waals surface area (Å²) in [6, 6.07) is 8.02. The Morgan fingerprint density at radius 3 is 2.89 bits per heavy atom. The molecule has 0 saturated carbocycles. The van der Waals surface area contributed by atoms with Gasteiger partial charge in [-0.1, -0.05) is 32.0 Å². The molecule has 2 aromatic rings. The van der Waals surface area contributed by atoms with Crippen LogP contribution in [0.15, 0.2) is 24.3 Å². The lowest BCUT2D eigenvalue weighted by Crippen LogP contribution is -2.34. The highest BCUT2D eigenvalue weighted by Crippen LogP contribution is 2.14. The van der Waals surface area contributed by atoms with Gasteiger partial charge < -0.3 is 10.6 Å². The number of amides is 1. The molecule has 0 aliphatic heterocycles. The first-order valence-electron chi connectivity index (χ1n) is 6.13. The topological polar surface area (TPSA) is 69.8 Å². The lowest BCUT2D eigenvalue weighted by Gasteiger charge is -2.08. The van der Waals surface area contributed by atoms with E-state index in [1.807, 2.05) is 24.3 Å². The van der Waals surface area contributed by atoms with E-state index in [-0.39, 0.29) is 5.91 Å². The van der Waals surface area contributed by atoms with Gasteiger partial charge in [-0.15, -0.1) is 0 Å². The number of rotatable bonds is 5. The normalized spacial score (nSPS) is 11.1. The third-order valence-electron chi connectivity index (χ3n) is 2.65. The molecule has 0 radical (unpaired) electrons. The third kappa shape index (κ3) is 2.87. The molecule has 2 rings (SSSR count). The predicted molar refractivity (Wildman–Crippen MR) is 71.6 cm³/mol. The SMILES string of the molecule is CC(C)NCCNC(=O)c1n[nH]c2ccccc12. The van der Waals surface area contributed by atoms with E-state index in [2.05, 4.69) is 34.7 Å². The number of carbonyl (C=O) groups excluding carboxylic acids is 1. The van der Waals surface area contributed by atoms with E-state index < -0.39 is 0 Å². The van der Waals surface area contributed by atoms with E-state index in [1.165, 1.54) is 0 Å². The molecule has 5 nitrogen and oxygen atoms in total. The molecule has 0 saturated heterocycles. The number of aromatic nitrogens is 2. The molecule has 1 aromatic heterocycles. The van der Waals surface area contributed by atoms with Gasteiger partial charge in [-0.05, 0) is 6.07 Å². The van der Waals surface area contributed by atoms with Gasteiger partial charge in [-0.25, -0.2) is 0 Å². The fourth-order valence-electron chi connectivity index (χ4n) is 1.76. The maximum atomic E-state index is 11.9. The second-order valence-electron chi connectivity index (χ2n) is 4.48. The Kier molecular flexibility index (Phi) is 3.94. The van der Waals surface area contributed by atoms with Crippen molar-refractivity contribution in [1.29, 1.82) is 0 Å². The third-order valence-corrected chi connectivity index (χ3v) is 2.65. The molecule has 1 aromatic carbocycles. The molecule has 0 aliphatic carbocycles. The summed E-state index contributed by atoms with van der Waals surface area (Å²) in [4.78, 5) is 11.9. The van der Waals surface area contributed by atoms with E-state index in [9.17, 15) is 4.79 Å². The summed E-state index contributed by atoms with van der Waals surface area (Å²) in [5.41, 5.74) is 1.33. The number of nitrogens with zero attached hydrogens (tertiary/aromatic N) is 1. The standard InChI is InChI=1S/C13H18N4O/c1-9(2)14-7-8-15-13(18)12-10-5-3-4-6-11(10)16-17-12/h3-6,9,14H,7-8H2,1-2H3,(H,15,18)(H,16,17). The maximum absolute atomic E-state index is 11.9. The van der Waals surface area contributed by atoms with Gasteiger partial charge in [0.15, 0.2) is 5.69 Å². The summed E-state index contributed by atoms with van der Waals surface area (Å²) < 4.78 is 0. The first-order chi connectivity index (χ1) is 8.68. The van der Waals surface area contributed by atoms with Crippen molar-refractivity contribution in [3.63, 3.8) is 0 Å². The van der Waals surface area contributed by atoms with E-state index in [0.717, 1.165) is 17.4 Å². The lowest BCUT2D eigenvalue weighted by molar-refractivity contribution is 0.0950. The van der Waals surface area contributed by atoms with E-state index in [1.54, 1.807) is 0 Å². The Bertz CT molecular complexity index is 533. The van der Waals surface area contributed by atoms with Crippen molar-refractivity contribution < 1.29 is 4.79 Å². The van der Waals surface area contributed by atoms with E-state index in [0.29, 0.717) is 18.3 Å². The highest BCUT2D eigenvalue weighted by molar-refractivity contribution is 6.04. The second-order valence-corrected chi connectivity index (χ2v) is 4.48. The van der Waals surface area contributed by atoms with Crippen molar-refractivity contribution in [1.82, 2.24) is 20.8 Å². The average molecular weight is 246 g/mol. The van der Waals surface area contributed by atoms with Crippen LogP contribution in [-0.2, 0) is 0 Å². The van der Waals surface area contributed by atoms with Crippen LogP contribution in [0.2, 0.25) is 0 Å². The van der Waals surface area contributed by atoms with Gasteiger partial charge in [-0.3, -0.25) is 9.89 Å². The number of carbonyl (C=O) groups is 1. The first-order valence-corrected chi connectivity index (χ1v) is 6.13. The summed E-state index contributed by atoms with van der Waals surface area (Å²) in [6.45, 7) is 5.50. The summed E-state index contributed by atoms with van der Waals surface area (Å²) in [7, 11) is 0. The molecule has 3 N–H and O–H groups in total. The molecule has 0 bridgehead atoms. The Hall–Kier alpha value is -1.88. The molecule has 5 heteroatoms. The number of fused-ring (bicyclic) bond motifs is 1. The van der Waals surface area contributed by atoms with Gasteiger partial charge in [0, 0.05) is 24.5 Å². The number of hydrogen-bond acceptors (Lipinski definition) is 3. The number of para-hydroxylation sites is 1. The van der Waals surface area contributed by atoms with Crippen LogP contribution in [0, 0.1) is 0 Å². The first kappa shape index (κ1) is 12.6. The van der Waals surface area contributed by atoms with Crippen LogP contribution in [0.25, 0.3) is 10.9 Å². The van der Waals surface area contributed by atoms with Crippen molar-refractivity contribution in [3.8, 4) is 0 Å². The number of nitrogens with one attached hydrogen (secondary N) is 3. The number of benzene rings is 1. The zero-order chi connectivity index (χ0) is 13.0. The molecular formula is C13H18N4O. The minimum atomic E-state index is -0.141. The van der Waals surface area contributed by atoms with Crippen molar-refractivity contribution in [2.24, 2.45) is 0 Å². The van der Waals surface area contributed by atoms with Gasteiger partial charge >= 0.3 is 0 Å². The molecule has 0 aliphatic rings. The van der Waals surface area contributed by atoms with Crippen molar-refractivity contribution in [3.05, 3.63) is 30.0 Å². The van der Waals surface area contributed by atoms with Gasteiger partial charge in [0.2, 0.25) is 0 Å². The fourth-order valence-corrected chi connectivity index (χ4v) is 1.76. The Labute approximate surface area is 106 Å². The summed E-state index contributed by atoms with van der Waals surface area (Å²) in [5.74, 6) is -0.141. The summed E-state index contributed by atoms with van der Waals surface area (Å²) in [6.07, 6.45) is 0. The Morgan fingerprint density at radius 2 is 2.11 bits per heavy atom. The van der Waals surface area contributed by atoms with Gasteiger partial charge in [0.05, 0.1) is 5.52 Å². The average Bonchev–Trinajstić information content (AvgIpc) is 2.78. The molecule has 1 heterocycles. The molecular weight excluding hydrogens is 228 g/mol. The highest BCUT2D eigenvalue weighted by Gasteiger charge is 2.12. The molecule has 0 spiro atoms. The zero-order valence-corrected chi connectivity index (χ0v) is 10.7. The van der Waals surface area contributed by atoms with Crippen LogP contribution in [0.5, 0.6) is 0 Å². The maximum Gasteiger partial charge on any atom is 0.272 e. The smallest absolute Gasteiger partial charge is 0.272 e. The largest absolute Gasteiger partial charge is 0.349 e. The monoisotopic (exact) mass is 246 g/mol. The Balaban J connectivity index is 1.97. The lowest BCUT2D eigenvalue weighted by atomic mass is 10.2. The summed E-state index contributed by atoms with van der Waals surface area (Å²) in [5, 5.41) is 13.8. The van der Waals surface area contributed by atoms with Crippen molar-refractivity contribution in [2.45, 2.75) is 19.9 Å². The van der Waals surface area contributed by atoms with Gasteiger partial charge in [-0.2, -0.15) is 5.10 Å². The highest BCUT2D eigenvalue weighted by atomic mass is 16.1. The fraction of sp³-hybridized carbons (Fsp3) is 0.385. The van der Waals surface area contributed by atoms with Crippen LogP contribution in [0.3, 0.4) is 0 Å². The van der Waals surface area contributed by atoms with Crippen LogP contribution >= 0.6 is 0 Å². The minimum absolute atomic E-state index is 0.141. The molecule has 0 fully saturated rings. The molecule has 0 unspecified atom stereocenters. The minimum Gasteiger partial charge on any atom is -0.349 e. The van der Waals surface area contributed by atoms with Gasteiger partial charge in [0.1, 0.15) is 0 Å². The van der Waals surface area contributed by atoms with Crippen LogP contribution in [-0.4, -0.2) is 35.2 Å². The molecule has 1 amide bonds. The molecule has 18 heavy (non-hydrogen) atoms.